The van der Waals surface area contributed by atoms with Crippen molar-refractivity contribution in [2.45, 2.75) is 51.4 Å². The predicted molar refractivity (Wildman–Crippen MR) is 121 cm³/mol. The Hall–Kier alpha value is -3.27. The summed E-state index contributed by atoms with van der Waals surface area (Å²) in [6, 6.07) is 9.23. The van der Waals surface area contributed by atoms with Gasteiger partial charge in [0.25, 0.3) is 0 Å². The zero-order valence-corrected chi connectivity index (χ0v) is 18.6. The highest BCUT2D eigenvalue weighted by Crippen LogP contribution is 2.41. The van der Waals surface area contributed by atoms with E-state index in [1.165, 1.54) is 11.3 Å². The third kappa shape index (κ3) is 5.91. The average molecular weight is 452 g/mol. The lowest BCUT2D eigenvalue weighted by Gasteiger charge is -2.09. The van der Waals surface area contributed by atoms with Gasteiger partial charge in [0.2, 0.25) is 16.9 Å². The Labute approximate surface area is 190 Å². The zero-order valence-electron chi connectivity index (χ0n) is 17.8. The molecule has 0 unspecified atom stereocenters. The fourth-order valence-electron chi connectivity index (χ4n) is 3.83. The summed E-state index contributed by atoms with van der Waals surface area (Å²) in [7, 11) is 0. The van der Waals surface area contributed by atoms with E-state index in [2.05, 4.69) is 36.0 Å². The second-order valence-corrected chi connectivity index (χ2v) is 8.89. The van der Waals surface area contributed by atoms with E-state index in [0.717, 1.165) is 42.1 Å². The number of nitrogens with one attached hydrogen (secondary N) is 2. The highest BCUT2D eigenvalue weighted by Gasteiger charge is 2.29. The highest BCUT2D eigenvalue weighted by molar-refractivity contribution is 7.15. The number of hydrogen-bond acceptors (Lipinski definition) is 8. The maximum atomic E-state index is 12.2. The Morgan fingerprint density at radius 3 is 2.66 bits per heavy atom. The van der Waals surface area contributed by atoms with Crippen LogP contribution in [0.4, 0.5) is 10.9 Å². The lowest BCUT2D eigenvalue weighted by atomic mass is 10.00. The van der Waals surface area contributed by atoms with E-state index in [4.69, 9.17) is 0 Å². The van der Waals surface area contributed by atoms with Crippen LogP contribution < -0.4 is 10.6 Å². The Morgan fingerprint density at radius 1 is 1.00 bits per heavy atom. The summed E-state index contributed by atoms with van der Waals surface area (Å²) in [6.45, 7) is 1.80. The number of carbonyl (C=O) groups is 2. The van der Waals surface area contributed by atoms with Crippen LogP contribution in [0.5, 0.6) is 0 Å². The standard InChI is InChI=1S/C22H25N7O2S/c1-2-19(30)24-18-9-8-17(26-27-18)12-14-6-7-15(11-14)21-28-29-22(32-21)25-20(31)13-16-5-3-4-10-23-16/h3-5,8-10,14-15H,2,6-7,11-13H2,1H3,(H,24,27,30)(H,25,29,31)/t14-,15+/m1/s1. The number of hydrogen-bond donors (Lipinski definition) is 2. The largest absolute Gasteiger partial charge is 0.309 e. The number of anilines is 2. The van der Waals surface area contributed by atoms with Crippen LogP contribution in [0, 0.1) is 5.92 Å². The third-order valence-corrected chi connectivity index (χ3v) is 6.45. The highest BCUT2D eigenvalue weighted by atomic mass is 32.1. The molecule has 10 heteroatoms. The van der Waals surface area contributed by atoms with Crippen molar-refractivity contribution in [2.24, 2.45) is 5.92 Å². The van der Waals surface area contributed by atoms with Gasteiger partial charge in [-0.25, -0.2) is 0 Å². The first-order valence-corrected chi connectivity index (χ1v) is 11.6. The minimum Gasteiger partial charge on any atom is -0.309 e. The van der Waals surface area contributed by atoms with Gasteiger partial charge in [0.15, 0.2) is 5.82 Å². The molecule has 1 saturated carbocycles. The lowest BCUT2D eigenvalue weighted by Crippen LogP contribution is -2.14. The number of pyridine rings is 1. The lowest BCUT2D eigenvalue weighted by molar-refractivity contribution is -0.116. The summed E-state index contributed by atoms with van der Waals surface area (Å²) in [4.78, 5) is 27.8. The van der Waals surface area contributed by atoms with Gasteiger partial charge in [0, 0.05) is 24.2 Å². The Balaban J connectivity index is 1.27. The smallest absolute Gasteiger partial charge is 0.232 e. The molecule has 0 aliphatic heterocycles. The first kappa shape index (κ1) is 21.9. The molecule has 166 valence electrons. The van der Waals surface area contributed by atoms with E-state index in [1.54, 1.807) is 19.2 Å². The van der Waals surface area contributed by atoms with Crippen molar-refractivity contribution < 1.29 is 9.59 Å². The van der Waals surface area contributed by atoms with Crippen molar-refractivity contribution in [3.63, 3.8) is 0 Å². The van der Waals surface area contributed by atoms with E-state index in [1.807, 2.05) is 24.3 Å². The molecule has 2 amide bonds. The van der Waals surface area contributed by atoms with E-state index in [9.17, 15) is 9.59 Å². The Kier molecular flexibility index (Phi) is 7.10. The molecule has 1 aliphatic rings. The second-order valence-electron chi connectivity index (χ2n) is 7.88. The van der Waals surface area contributed by atoms with Crippen LogP contribution in [0.15, 0.2) is 36.5 Å². The van der Waals surface area contributed by atoms with Gasteiger partial charge in [-0.1, -0.05) is 24.3 Å². The van der Waals surface area contributed by atoms with E-state index in [-0.39, 0.29) is 18.2 Å². The molecular weight excluding hydrogens is 426 g/mol. The van der Waals surface area contributed by atoms with Gasteiger partial charge in [-0.3, -0.25) is 14.6 Å². The first-order valence-electron chi connectivity index (χ1n) is 10.7. The second kappa shape index (κ2) is 10.4. The SMILES string of the molecule is CCC(=O)Nc1ccc(C[C@@H]2CC[C@H](c3nnc(NC(=O)Cc4ccccn4)s3)C2)nn1. The predicted octanol–water partition coefficient (Wildman–Crippen LogP) is 3.38. The first-order chi connectivity index (χ1) is 15.6. The van der Waals surface area contributed by atoms with Crippen LogP contribution in [0.2, 0.25) is 0 Å². The molecule has 2 atom stereocenters. The van der Waals surface area contributed by atoms with Crippen LogP contribution in [0.25, 0.3) is 0 Å². The zero-order chi connectivity index (χ0) is 22.3. The fraction of sp³-hybridized carbons (Fsp3) is 0.409. The van der Waals surface area contributed by atoms with Crippen LogP contribution in [-0.4, -0.2) is 37.2 Å². The molecule has 3 aromatic heterocycles. The van der Waals surface area contributed by atoms with Gasteiger partial charge in [-0.2, -0.15) is 5.10 Å². The van der Waals surface area contributed by atoms with Crippen LogP contribution >= 0.6 is 11.3 Å². The molecule has 3 heterocycles. The molecule has 0 radical (unpaired) electrons. The summed E-state index contributed by atoms with van der Waals surface area (Å²) in [5.41, 5.74) is 1.64. The van der Waals surface area contributed by atoms with Crippen molar-refractivity contribution in [1.82, 2.24) is 25.4 Å². The van der Waals surface area contributed by atoms with Crippen LogP contribution in [0.3, 0.4) is 0 Å². The van der Waals surface area contributed by atoms with E-state index >= 15 is 0 Å². The number of nitrogens with zero attached hydrogens (tertiary/aromatic N) is 5. The molecule has 1 aliphatic carbocycles. The Bertz CT molecular complexity index is 1060. The van der Waals surface area contributed by atoms with Crippen molar-refractivity contribution >= 4 is 34.1 Å². The number of rotatable bonds is 8. The minimum absolute atomic E-state index is 0.0740. The van der Waals surface area contributed by atoms with E-state index in [0.29, 0.717) is 29.2 Å². The molecule has 1 fully saturated rings. The quantitative estimate of drug-likeness (QED) is 0.538. The van der Waals surface area contributed by atoms with Crippen molar-refractivity contribution in [1.29, 1.82) is 0 Å². The number of amides is 2. The molecular formula is C22H25N7O2S. The van der Waals surface area contributed by atoms with Crippen LogP contribution in [0.1, 0.15) is 54.9 Å². The molecule has 4 rings (SSSR count). The van der Waals surface area contributed by atoms with Gasteiger partial charge in [-0.15, -0.1) is 15.3 Å². The molecule has 2 N–H and O–H groups in total. The third-order valence-electron chi connectivity index (χ3n) is 5.45. The molecule has 3 aromatic rings. The fourth-order valence-corrected chi connectivity index (χ4v) is 4.73. The molecule has 32 heavy (non-hydrogen) atoms. The van der Waals surface area contributed by atoms with Crippen LogP contribution in [-0.2, 0) is 22.4 Å². The monoisotopic (exact) mass is 451 g/mol. The van der Waals surface area contributed by atoms with E-state index < -0.39 is 0 Å². The van der Waals surface area contributed by atoms with Gasteiger partial charge in [0.1, 0.15) is 5.01 Å². The van der Waals surface area contributed by atoms with Gasteiger partial charge in [-0.05, 0) is 55.9 Å². The molecule has 0 bridgehead atoms. The van der Waals surface area contributed by atoms with Gasteiger partial charge < -0.3 is 10.6 Å². The van der Waals surface area contributed by atoms with Crippen molar-refractivity contribution in [3.8, 4) is 0 Å². The normalized spacial score (nSPS) is 17.8. The van der Waals surface area contributed by atoms with Gasteiger partial charge >= 0.3 is 0 Å². The molecule has 9 nitrogen and oxygen atoms in total. The maximum absolute atomic E-state index is 12.2. The Morgan fingerprint density at radius 2 is 1.91 bits per heavy atom. The number of carbonyl (C=O) groups excluding carboxylic acids is 2. The minimum atomic E-state index is -0.146. The molecule has 0 aromatic carbocycles. The number of aromatic nitrogens is 5. The summed E-state index contributed by atoms with van der Waals surface area (Å²) in [5, 5.41) is 23.9. The van der Waals surface area contributed by atoms with Crippen molar-refractivity contribution in [3.05, 3.63) is 52.9 Å². The summed E-state index contributed by atoms with van der Waals surface area (Å²) >= 11 is 1.44. The molecule has 0 spiro atoms. The topological polar surface area (TPSA) is 123 Å². The molecule has 0 saturated heterocycles. The summed E-state index contributed by atoms with van der Waals surface area (Å²) in [5.74, 6) is 1.10. The maximum Gasteiger partial charge on any atom is 0.232 e. The summed E-state index contributed by atoms with van der Waals surface area (Å²) in [6.07, 6.45) is 6.27. The average Bonchev–Trinajstić information content (AvgIpc) is 3.45. The van der Waals surface area contributed by atoms with Crippen molar-refractivity contribution in [2.75, 3.05) is 10.6 Å². The van der Waals surface area contributed by atoms with Gasteiger partial charge in [0.05, 0.1) is 12.1 Å². The summed E-state index contributed by atoms with van der Waals surface area (Å²) < 4.78 is 0.